The van der Waals surface area contributed by atoms with Crippen LogP contribution in [0.3, 0.4) is 0 Å². The molecule has 0 aromatic heterocycles. The summed E-state index contributed by atoms with van der Waals surface area (Å²) in [5.41, 5.74) is 4.71. The fourth-order valence-electron chi connectivity index (χ4n) is 3.47. The van der Waals surface area contributed by atoms with Crippen LogP contribution < -0.4 is 5.32 Å². The predicted molar refractivity (Wildman–Crippen MR) is 116 cm³/mol. The molecule has 30 heavy (non-hydrogen) atoms. The Labute approximate surface area is 176 Å². The smallest absolute Gasteiger partial charge is 0.273 e. The number of fused-ring (bicyclic) bond motifs is 1. The quantitative estimate of drug-likeness (QED) is 0.431. The highest BCUT2D eigenvalue weighted by Crippen LogP contribution is 2.35. The van der Waals surface area contributed by atoms with Crippen LogP contribution in [0.15, 0.2) is 46.4 Å². The first-order valence-electron chi connectivity index (χ1n) is 9.51. The average Bonchev–Trinajstić information content (AvgIpc) is 2.73. The molecule has 1 aliphatic rings. The van der Waals surface area contributed by atoms with E-state index in [0.29, 0.717) is 12.2 Å². The molecule has 0 bridgehead atoms. The molecule has 0 radical (unpaired) electrons. The molecule has 2 aromatic rings. The number of nitrogens with zero attached hydrogens (tertiary/aromatic N) is 3. The lowest BCUT2D eigenvalue weighted by atomic mass is 9.89. The van der Waals surface area contributed by atoms with E-state index in [2.05, 4.69) is 15.4 Å². The SMILES string of the molecule is C/C(=N\O)C(=O)Nc1ccc(-c2ccc(S(=O)(=O)N(C)C)cc2)c2c1CN(C)CC2. The molecule has 0 aliphatic carbocycles. The van der Waals surface area contributed by atoms with Crippen LogP contribution in [-0.4, -0.2) is 62.1 Å². The lowest BCUT2D eigenvalue weighted by Crippen LogP contribution is -2.29. The van der Waals surface area contributed by atoms with Crippen LogP contribution in [0, 0.1) is 0 Å². The zero-order chi connectivity index (χ0) is 22.1. The van der Waals surface area contributed by atoms with Gasteiger partial charge in [0.15, 0.2) is 0 Å². The summed E-state index contributed by atoms with van der Waals surface area (Å²) < 4.78 is 25.8. The standard InChI is InChI=1S/C21H26N4O4S/c1-14(23-27)21(26)22-20-10-9-17(18-11-12-25(4)13-19(18)20)15-5-7-16(8-6-15)30(28,29)24(2)3/h5-10,27H,11-13H2,1-4H3,(H,22,26)/b23-14+. The summed E-state index contributed by atoms with van der Waals surface area (Å²) in [5, 5.41) is 14.6. The Morgan fingerprint density at radius 1 is 1.13 bits per heavy atom. The lowest BCUT2D eigenvalue weighted by molar-refractivity contribution is -0.110. The maximum Gasteiger partial charge on any atom is 0.273 e. The highest BCUT2D eigenvalue weighted by molar-refractivity contribution is 7.89. The molecule has 0 fully saturated rings. The Morgan fingerprint density at radius 3 is 2.40 bits per heavy atom. The molecule has 2 N–H and O–H groups in total. The van der Waals surface area contributed by atoms with Crippen molar-refractivity contribution in [2.75, 3.05) is 33.0 Å². The summed E-state index contributed by atoms with van der Waals surface area (Å²) in [6.45, 7) is 2.98. The van der Waals surface area contributed by atoms with Gasteiger partial charge in [0.1, 0.15) is 5.71 Å². The van der Waals surface area contributed by atoms with Gasteiger partial charge in [0.25, 0.3) is 5.91 Å². The number of carbonyl (C=O) groups is 1. The second kappa shape index (κ2) is 8.55. The molecule has 3 rings (SSSR count). The fraction of sp³-hybridized carbons (Fsp3) is 0.333. The number of carbonyl (C=O) groups excluding carboxylic acids is 1. The number of hydrogen-bond acceptors (Lipinski definition) is 6. The van der Waals surface area contributed by atoms with Gasteiger partial charge in [0.05, 0.1) is 4.90 Å². The summed E-state index contributed by atoms with van der Waals surface area (Å²) in [7, 11) is 1.55. The first-order valence-corrected chi connectivity index (χ1v) is 11.0. The van der Waals surface area contributed by atoms with Crippen molar-refractivity contribution >= 4 is 27.3 Å². The van der Waals surface area contributed by atoms with Crippen molar-refractivity contribution in [1.29, 1.82) is 0 Å². The van der Waals surface area contributed by atoms with Gasteiger partial charge < -0.3 is 15.4 Å². The molecule has 1 aliphatic heterocycles. The van der Waals surface area contributed by atoms with Crippen molar-refractivity contribution in [3.8, 4) is 11.1 Å². The van der Waals surface area contributed by atoms with Crippen molar-refractivity contribution in [1.82, 2.24) is 9.21 Å². The Morgan fingerprint density at radius 2 is 1.80 bits per heavy atom. The van der Waals surface area contributed by atoms with Crippen LogP contribution in [0.1, 0.15) is 18.1 Å². The van der Waals surface area contributed by atoms with Crippen LogP contribution in [0.4, 0.5) is 5.69 Å². The van der Waals surface area contributed by atoms with Crippen molar-refractivity contribution in [3.05, 3.63) is 47.5 Å². The molecule has 0 atom stereocenters. The Balaban J connectivity index is 2.03. The predicted octanol–water partition coefficient (Wildman–Crippen LogP) is 2.38. The van der Waals surface area contributed by atoms with Gasteiger partial charge in [-0.25, -0.2) is 12.7 Å². The minimum atomic E-state index is -3.48. The molecule has 2 aromatic carbocycles. The van der Waals surface area contributed by atoms with E-state index in [0.717, 1.165) is 35.2 Å². The Kier molecular flexibility index (Phi) is 6.25. The monoisotopic (exact) mass is 430 g/mol. The number of anilines is 1. The van der Waals surface area contributed by atoms with Gasteiger partial charge in [-0.3, -0.25) is 4.79 Å². The van der Waals surface area contributed by atoms with Crippen molar-refractivity contribution in [2.45, 2.75) is 24.8 Å². The largest absolute Gasteiger partial charge is 0.410 e. The number of rotatable bonds is 5. The van der Waals surface area contributed by atoms with Crippen LogP contribution >= 0.6 is 0 Å². The first kappa shape index (κ1) is 21.9. The number of hydrogen-bond donors (Lipinski definition) is 2. The molecule has 0 saturated carbocycles. The summed E-state index contributed by atoms with van der Waals surface area (Å²) in [5.74, 6) is -0.459. The number of sulfonamides is 1. The molecular weight excluding hydrogens is 404 g/mol. The van der Waals surface area contributed by atoms with Crippen LogP contribution in [0.5, 0.6) is 0 Å². The number of nitrogens with one attached hydrogen (secondary N) is 1. The van der Waals surface area contributed by atoms with Gasteiger partial charge in [0.2, 0.25) is 10.0 Å². The van der Waals surface area contributed by atoms with E-state index in [4.69, 9.17) is 5.21 Å². The molecular formula is C21H26N4O4S. The molecule has 9 heteroatoms. The number of amides is 1. The van der Waals surface area contributed by atoms with Crippen LogP contribution in [0.2, 0.25) is 0 Å². The minimum Gasteiger partial charge on any atom is -0.410 e. The van der Waals surface area contributed by atoms with Gasteiger partial charge in [-0.15, -0.1) is 0 Å². The maximum atomic E-state index is 12.3. The third-order valence-corrected chi connectivity index (χ3v) is 7.10. The first-order chi connectivity index (χ1) is 14.1. The summed E-state index contributed by atoms with van der Waals surface area (Å²) in [4.78, 5) is 14.6. The lowest BCUT2D eigenvalue weighted by Gasteiger charge is -2.29. The van der Waals surface area contributed by atoms with Crippen molar-refractivity contribution in [3.63, 3.8) is 0 Å². The second-order valence-electron chi connectivity index (χ2n) is 7.56. The topological polar surface area (TPSA) is 102 Å². The number of oxime groups is 1. The summed E-state index contributed by atoms with van der Waals surface area (Å²) in [6, 6.07) is 10.6. The molecule has 0 unspecified atom stereocenters. The molecule has 0 spiro atoms. The normalized spacial score (nSPS) is 15.2. The Hall–Kier alpha value is -2.75. The summed E-state index contributed by atoms with van der Waals surface area (Å²) in [6.07, 6.45) is 0.801. The zero-order valence-electron chi connectivity index (χ0n) is 17.5. The maximum absolute atomic E-state index is 12.3. The van der Waals surface area contributed by atoms with Crippen LogP contribution in [0.25, 0.3) is 11.1 Å². The van der Waals surface area contributed by atoms with Gasteiger partial charge in [-0.2, -0.15) is 0 Å². The number of likely N-dealkylation sites (N-methyl/N-ethyl adjacent to an activating group) is 1. The van der Waals surface area contributed by atoms with E-state index in [1.54, 1.807) is 12.1 Å². The van der Waals surface area contributed by atoms with Gasteiger partial charge >= 0.3 is 0 Å². The molecule has 0 saturated heterocycles. The van der Waals surface area contributed by atoms with E-state index in [1.807, 2.05) is 31.3 Å². The number of benzene rings is 2. The van der Waals surface area contributed by atoms with Crippen molar-refractivity contribution < 1.29 is 18.4 Å². The second-order valence-corrected chi connectivity index (χ2v) is 9.71. The average molecular weight is 431 g/mol. The minimum absolute atomic E-state index is 0.0188. The van der Waals surface area contributed by atoms with Gasteiger partial charge in [-0.1, -0.05) is 23.4 Å². The third kappa shape index (κ3) is 4.23. The van der Waals surface area contributed by atoms with E-state index in [1.165, 1.54) is 25.3 Å². The fourth-order valence-corrected chi connectivity index (χ4v) is 4.38. The molecule has 1 amide bonds. The van der Waals surface area contributed by atoms with E-state index >= 15 is 0 Å². The van der Waals surface area contributed by atoms with Gasteiger partial charge in [-0.05, 0) is 60.8 Å². The third-order valence-electron chi connectivity index (χ3n) is 5.27. The molecule has 160 valence electrons. The Bertz CT molecular complexity index is 1090. The summed E-state index contributed by atoms with van der Waals surface area (Å²) >= 11 is 0. The molecule has 1 heterocycles. The zero-order valence-corrected chi connectivity index (χ0v) is 18.3. The van der Waals surface area contributed by atoms with Gasteiger partial charge in [0, 0.05) is 32.9 Å². The molecule has 8 nitrogen and oxygen atoms in total. The van der Waals surface area contributed by atoms with E-state index in [-0.39, 0.29) is 10.6 Å². The van der Waals surface area contributed by atoms with Crippen LogP contribution in [-0.2, 0) is 27.8 Å². The highest BCUT2D eigenvalue weighted by Gasteiger charge is 2.23. The van der Waals surface area contributed by atoms with E-state index < -0.39 is 15.9 Å². The van der Waals surface area contributed by atoms with E-state index in [9.17, 15) is 13.2 Å². The van der Waals surface area contributed by atoms with Crippen molar-refractivity contribution in [2.24, 2.45) is 5.16 Å². The highest BCUT2D eigenvalue weighted by atomic mass is 32.2.